The Morgan fingerprint density at radius 1 is 1.00 bits per heavy atom. The van der Waals surface area contributed by atoms with E-state index in [0.717, 1.165) is 32.7 Å². The first kappa shape index (κ1) is 24.0. The van der Waals surface area contributed by atoms with Gasteiger partial charge in [0.2, 0.25) is 0 Å². The smallest absolute Gasteiger partial charge is 0.412 e. The summed E-state index contributed by atoms with van der Waals surface area (Å²) < 4.78 is 9.78. The highest BCUT2D eigenvalue weighted by atomic mass is 35.5. The van der Waals surface area contributed by atoms with Crippen molar-refractivity contribution in [1.82, 2.24) is 4.37 Å². The van der Waals surface area contributed by atoms with Gasteiger partial charge in [0.15, 0.2) is 0 Å². The molecule has 0 bridgehead atoms. The molecule has 3 aromatic carbocycles. The quantitative estimate of drug-likeness (QED) is 0.268. The van der Waals surface area contributed by atoms with Gasteiger partial charge in [-0.15, -0.1) is 0 Å². The summed E-state index contributed by atoms with van der Waals surface area (Å²) in [7, 11) is 0. The lowest BCUT2D eigenvalue weighted by Gasteiger charge is -2.11. The largest absolute Gasteiger partial charge is 0.481 e. The van der Waals surface area contributed by atoms with Crippen molar-refractivity contribution < 1.29 is 19.4 Å². The first-order chi connectivity index (χ1) is 17.4. The second kappa shape index (κ2) is 9.76. The minimum Gasteiger partial charge on any atom is -0.481 e. The fraction of sp³-hybridized carbons (Fsp3) is 0.179. The van der Waals surface area contributed by atoms with E-state index in [2.05, 4.69) is 9.69 Å². The maximum absolute atomic E-state index is 12.5. The van der Waals surface area contributed by atoms with Gasteiger partial charge in [0.1, 0.15) is 6.61 Å². The molecule has 0 unspecified atom stereocenters. The molecule has 1 heterocycles. The van der Waals surface area contributed by atoms with E-state index >= 15 is 0 Å². The summed E-state index contributed by atoms with van der Waals surface area (Å²) in [6, 6.07) is 22.9. The topological polar surface area (TPSA) is 88.5 Å². The number of aryl methyl sites for hydroxylation is 1. The third-order valence-electron chi connectivity index (χ3n) is 6.48. The molecule has 1 amide bonds. The molecule has 36 heavy (non-hydrogen) atoms. The lowest BCUT2D eigenvalue weighted by atomic mass is 9.93. The molecule has 5 rings (SSSR count). The number of nitrogens with one attached hydrogen (secondary N) is 1. The Kier molecular flexibility index (Phi) is 6.51. The number of hydrogen-bond donors (Lipinski definition) is 2. The first-order valence-corrected chi connectivity index (χ1v) is 12.6. The maximum Gasteiger partial charge on any atom is 0.412 e. The average molecular weight is 519 g/mol. The summed E-state index contributed by atoms with van der Waals surface area (Å²) in [6.07, 6.45) is 0.800. The number of benzene rings is 3. The molecular weight excluding hydrogens is 496 g/mol. The predicted molar refractivity (Wildman–Crippen MR) is 142 cm³/mol. The molecule has 1 aliphatic rings. The molecule has 1 aromatic heterocycles. The Balaban J connectivity index is 1.29. The molecule has 0 saturated heterocycles. The van der Waals surface area contributed by atoms with E-state index in [1.54, 1.807) is 6.07 Å². The minimum atomic E-state index is -0.753. The van der Waals surface area contributed by atoms with Crippen LogP contribution in [0.1, 0.15) is 29.7 Å². The zero-order chi connectivity index (χ0) is 25.3. The van der Waals surface area contributed by atoms with Gasteiger partial charge in [0.05, 0.1) is 21.7 Å². The van der Waals surface area contributed by atoms with E-state index in [1.807, 2.05) is 73.7 Å². The van der Waals surface area contributed by atoms with E-state index in [4.69, 9.17) is 16.3 Å². The summed E-state index contributed by atoms with van der Waals surface area (Å²) in [6.45, 7) is 1.90. The van der Waals surface area contributed by atoms with E-state index < -0.39 is 17.5 Å². The number of carboxylic acids is 1. The standard InChI is InChI=1S/C28H23ClN2O4S/c1-17-24(30-27(34)35-16-21-4-2-3-5-23(21)29)25(36-31-17)20-8-6-18(7-9-20)19-10-12-22(13-11-19)28(14-15-28)26(32)33/h2-13H,14-16H2,1H3,(H,30,34)(H,32,33). The van der Waals surface area contributed by atoms with Crippen molar-refractivity contribution in [2.75, 3.05) is 5.32 Å². The number of rotatable bonds is 7. The second-order valence-corrected chi connectivity index (χ2v) is 9.99. The Morgan fingerprint density at radius 2 is 1.61 bits per heavy atom. The number of aliphatic carboxylic acids is 1. The van der Waals surface area contributed by atoms with Crippen LogP contribution in [-0.4, -0.2) is 21.5 Å². The number of ether oxygens (including phenoxy) is 1. The van der Waals surface area contributed by atoms with E-state index in [9.17, 15) is 14.7 Å². The second-order valence-electron chi connectivity index (χ2n) is 8.81. The van der Waals surface area contributed by atoms with Gasteiger partial charge in [0.25, 0.3) is 0 Å². The lowest BCUT2D eigenvalue weighted by Crippen LogP contribution is -2.19. The number of carboxylic acid groups (broad SMARTS) is 1. The highest BCUT2D eigenvalue weighted by Crippen LogP contribution is 2.48. The summed E-state index contributed by atoms with van der Waals surface area (Å²) in [4.78, 5) is 24.9. The SMILES string of the molecule is Cc1nsc(-c2ccc(-c3ccc(C4(C(=O)O)CC4)cc3)cc2)c1NC(=O)OCc1ccccc1Cl. The molecule has 1 saturated carbocycles. The van der Waals surface area contributed by atoms with Crippen LogP contribution in [0.5, 0.6) is 0 Å². The van der Waals surface area contributed by atoms with E-state index in [0.29, 0.717) is 29.2 Å². The van der Waals surface area contributed by atoms with Crippen molar-refractivity contribution in [3.8, 4) is 21.6 Å². The number of aromatic nitrogens is 1. The molecule has 182 valence electrons. The van der Waals surface area contributed by atoms with Crippen LogP contribution in [0.25, 0.3) is 21.6 Å². The number of nitrogens with zero attached hydrogens (tertiary/aromatic N) is 1. The van der Waals surface area contributed by atoms with E-state index in [-0.39, 0.29) is 6.61 Å². The molecule has 0 aliphatic heterocycles. The molecule has 2 N–H and O–H groups in total. The van der Waals surface area contributed by atoms with Gasteiger partial charge in [-0.2, -0.15) is 4.37 Å². The molecule has 1 fully saturated rings. The van der Waals surface area contributed by atoms with Crippen molar-refractivity contribution >= 4 is 40.9 Å². The Labute approximate surface area is 217 Å². The van der Waals surface area contributed by atoms with Gasteiger partial charge in [-0.05, 0) is 59.6 Å². The van der Waals surface area contributed by atoms with Crippen LogP contribution in [-0.2, 0) is 21.6 Å². The number of anilines is 1. The highest BCUT2D eigenvalue weighted by molar-refractivity contribution is 7.10. The lowest BCUT2D eigenvalue weighted by molar-refractivity contribution is -0.140. The van der Waals surface area contributed by atoms with Crippen molar-refractivity contribution in [1.29, 1.82) is 0 Å². The monoisotopic (exact) mass is 518 g/mol. The molecule has 0 spiro atoms. The summed E-state index contributed by atoms with van der Waals surface area (Å²) in [5.41, 5.74) is 5.14. The van der Waals surface area contributed by atoms with Crippen LogP contribution >= 0.6 is 23.1 Å². The minimum absolute atomic E-state index is 0.0680. The van der Waals surface area contributed by atoms with Crippen LogP contribution in [0.3, 0.4) is 0 Å². The Hall–Kier alpha value is -3.68. The summed E-state index contributed by atoms with van der Waals surface area (Å²) in [5, 5.41) is 12.9. The number of carbonyl (C=O) groups is 2. The van der Waals surface area contributed by atoms with Crippen molar-refractivity contribution in [2.24, 2.45) is 0 Å². The predicted octanol–water partition coefficient (Wildman–Crippen LogP) is 7.30. The van der Waals surface area contributed by atoms with Crippen molar-refractivity contribution in [3.05, 3.63) is 94.6 Å². The molecule has 6 nitrogen and oxygen atoms in total. The van der Waals surface area contributed by atoms with Crippen LogP contribution in [0.15, 0.2) is 72.8 Å². The number of carbonyl (C=O) groups excluding carboxylic acids is 1. The number of amides is 1. The molecule has 8 heteroatoms. The highest BCUT2D eigenvalue weighted by Gasteiger charge is 2.51. The maximum atomic E-state index is 12.5. The van der Waals surface area contributed by atoms with Crippen LogP contribution in [0.2, 0.25) is 5.02 Å². The third kappa shape index (κ3) is 4.72. The van der Waals surface area contributed by atoms with Crippen molar-refractivity contribution in [3.63, 3.8) is 0 Å². The fourth-order valence-corrected chi connectivity index (χ4v) is 5.20. The van der Waals surface area contributed by atoms with Gasteiger partial charge >= 0.3 is 12.1 Å². The molecule has 4 aromatic rings. The van der Waals surface area contributed by atoms with Crippen molar-refractivity contribution in [2.45, 2.75) is 31.8 Å². The van der Waals surface area contributed by atoms with Crippen LogP contribution in [0.4, 0.5) is 10.5 Å². The van der Waals surface area contributed by atoms with Crippen LogP contribution < -0.4 is 5.32 Å². The number of halogens is 1. The summed E-state index contributed by atoms with van der Waals surface area (Å²) in [5.74, 6) is -0.753. The zero-order valence-electron chi connectivity index (χ0n) is 19.5. The normalized spacial score (nSPS) is 13.7. The third-order valence-corrected chi connectivity index (χ3v) is 7.84. The molecular formula is C28H23ClN2O4S. The number of hydrogen-bond acceptors (Lipinski definition) is 5. The molecule has 1 aliphatic carbocycles. The van der Waals surface area contributed by atoms with E-state index in [1.165, 1.54) is 11.5 Å². The zero-order valence-corrected chi connectivity index (χ0v) is 21.0. The Bertz CT molecular complexity index is 1430. The van der Waals surface area contributed by atoms with Gasteiger partial charge in [-0.3, -0.25) is 10.1 Å². The van der Waals surface area contributed by atoms with Gasteiger partial charge < -0.3 is 9.84 Å². The summed E-state index contributed by atoms with van der Waals surface area (Å²) >= 11 is 7.44. The van der Waals surface area contributed by atoms with Gasteiger partial charge in [0, 0.05) is 10.6 Å². The fourth-order valence-electron chi connectivity index (χ4n) is 4.16. The Morgan fingerprint density at radius 3 is 2.22 bits per heavy atom. The molecule has 0 radical (unpaired) electrons. The molecule has 0 atom stereocenters. The van der Waals surface area contributed by atoms with Gasteiger partial charge in [-0.1, -0.05) is 78.3 Å². The first-order valence-electron chi connectivity index (χ1n) is 11.5. The average Bonchev–Trinajstić information content (AvgIpc) is 3.63. The van der Waals surface area contributed by atoms with Crippen LogP contribution in [0, 0.1) is 6.92 Å². The van der Waals surface area contributed by atoms with Gasteiger partial charge in [-0.25, -0.2) is 4.79 Å².